The molecule has 1 aromatic carbocycles. The number of carbonyl (C=O) groups is 1. The van der Waals surface area contributed by atoms with Crippen LogP contribution in [0.2, 0.25) is 5.02 Å². The van der Waals surface area contributed by atoms with Gasteiger partial charge in [0.2, 0.25) is 0 Å². The van der Waals surface area contributed by atoms with Crippen LogP contribution in [0.4, 0.5) is 0 Å². The van der Waals surface area contributed by atoms with Gasteiger partial charge in [0.25, 0.3) is 0 Å². The smallest absolute Gasteiger partial charge is 0.330 e. The van der Waals surface area contributed by atoms with E-state index in [9.17, 15) is 4.79 Å². The second-order valence-electron chi connectivity index (χ2n) is 6.35. The number of carbonyl (C=O) groups excluding carboxylic acids is 1. The van der Waals surface area contributed by atoms with Gasteiger partial charge in [0, 0.05) is 17.1 Å². The summed E-state index contributed by atoms with van der Waals surface area (Å²) in [6.45, 7) is 2.27. The van der Waals surface area contributed by atoms with Crippen molar-refractivity contribution in [3.05, 3.63) is 46.5 Å². The maximum Gasteiger partial charge on any atom is 0.330 e. The van der Waals surface area contributed by atoms with Gasteiger partial charge in [-0.05, 0) is 70.3 Å². The lowest BCUT2D eigenvalue weighted by Gasteiger charge is -2.36. The van der Waals surface area contributed by atoms with Crippen LogP contribution in [0.15, 0.2) is 35.9 Å². The van der Waals surface area contributed by atoms with Crippen molar-refractivity contribution in [3.63, 3.8) is 0 Å². The molecule has 0 aromatic heterocycles. The van der Waals surface area contributed by atoms with Gasteiger partial charge in [-0.15, -0.1) is 0 Å². The number of allylic oxidation sites excluding steroid dienone is 1. The molecule has 1 atom stereocenters. The SMILES string of the molecule is CCOC(=O)C=C1CCC(C(c2ccc(Cl)cc2)N(C)C)CC1. The monoisotopic (exact) mass is 335 g/mol. The Kier molecular flexibility index (Phi) is 6.67. The summed E-state index contributed by atoms with van der Waals surface area (Å²) in [7, 11) is 4.26. The van der Waals surface area contributed by atoms with E-state index in [4.69, 9.17) is 16.3 Å². The summed E-state index contributed by atoms with van der Waals surface area (Å²) in [5.41, 5.74) is 2.52. The van der Waals surface area contributed by atoms with Crippen LogP contribution in [0, 0.1) is 5.92 Å². The number of ether oxygens (including phenoxy) is 1. The van der Waals surface area contributed by atoms with E-state index in [1.807, 2.05) is 19.1 Å². The zero-order valence-corrected chi connectivity index (χ0v) is 15.0. The predicted octanol–water partition coefficient (Wildman–Crippen LogP) is 4.62. The second kappa shape index (κ2) is 8.51. The van der Waals surface area contributed by atoms with Crippen molar-refractivity contribution in [3.8, 4) is 0 Å². The molecule has 0 spiro atoms. The van der Waals surface area contributed by atoms with Crippen molar-refractivity contribution in [2.75, 3.05) is 20.7 Å². The minimum Gasteiger partial charge on any atom is -0.463 e. The van der Waals surface area contributed by atoms with Crippen LogP contribution in [0.25, 0.3) is 0 Å². The molecule has 126 valence electrons. The van der Waals surface area contributed by atoms with Gasteiger partial charge in [0.1, 0.15) is 0 Å². The molecule has 1 aliphatic rings. The molecule has 23 heavy (non-hydrogen) atoms. The molecule has 0 bridgehead atoms. The number of benzene rings is 1. The van der Waals surface area contributed by atoms with Gasteiger partial charge in [-0.25, -0.2) is 4.79 Å². The third-order valence-electron chi connectivity index (χ3n) is 4.50. The predicted molar refractivity (Wildman–Crippen MR) is 94.6 cm³/mol. The fourth-order valence-corrected chi connectivity index (χ4v) is 3.60. The average molecular weight is 336 g/mol. The molecule has 1 aromatic rings. The van der Waals surface area contributed by atoms with E-state index in [1.54, 1.807) is 6.08 Å². The highest BCUT2D eigenvalue weighted by atomic mass is 35.5. The first-order valence-electron chi connectivity index (χ1n) is 8.29. The third-order valence-corrected chi connectivity index (χ3v) is 4.75. The normalized spacial score (nSPS) is 19.5. The Morgan fingerprint density at radius 3 is 2.43 bits per heavy atom. The molecule has 0 aliphatic heterocycles. The molecule has 1 saturated carbocycles. The fourth-order valence-electron chi connectivity index (χ4n) is 3.47. The molecule has 0 amide bonds. The Balaban J connectivity index is 2.04. The van der Waals surface area contributed by atoms with Crippen LogP contribution in [-0.4, -0.2) is 31.6 Å². The highest BCUT2D eigenvalue weighted by Gasteiger charge is 2.28. The quantitative estimate of drug-likeness (QED) is 0.580. The minimum atomic E-state index is -0.206. The molecule has 1 aliphatic carbocycles. The van der Waals surface area contributed by atoms with Gasteiger partial charge in [0.05, 0.1) is 6.61 Å². The number of halogens is 1. The maximum atomic E-state index is 11.6. The van der Waals surface area contributed by atoms with E-state index in [1.165, 1.54) is 11.1 Å². The van der Waals surface area contributed by atoms with Crippen LogP contribution in [-0.2, 0) is 9.53 Å². The Morgan fingerprint density at radius 2 is 1.91 bits per heavy atom. The van der Waals surface area contributed by atoms with Gasteiger partial charge in [-0.2, -0.15) is 0 Å². The van der Waals surface area contributed by atoms with Crippen molar-refractivity contribution in [2.45, 2.75) is 38.6 Å². The molecule has 1 fully saturated rings. The minimum absolute atomic E-state index is 0.206. The van der Waals surface area contributed by atoms with Gasteiger partial charge in [-0.1, -0.05) is 29.3 Å². The standard InChI is InChI=1S/C19H26ClNO2/c1-4-23-18(22)13-14-5-7-15(8-6-14)19(21(2)3)16-9-11-17(20)12-10-16/h9-13,15,19H,4-8H2,1-3H3. The number of rotatable bonds is 5. The zero-order valence-electron chi connectivity index (χ0n) is 14.2. The summed E-state index contributed by atoms with van der Waals surface area (Å²) in [4.78, 5) is 13.9. The van der Waals surface area contributed by atoms with Gasteiger partial charge in [0.15, 0.2) is 0 Å². The van der Waals surface area contributed by atoms with Crippen molar-refractivity contribution in [2.24, 2.45) is 5.92 Å². The molecular formula is C19H26ClNO2. The van der Waals surface area contributed by atoms with Crippen LogP contribution < -0.4 is 0 Å². The second-order valence-corrected chi connectivity index (χ2v) is 6.79. The van der Waals surface area contributed by atoms with Crippen LogP contribution in [0.1, 0.15) is 44.2 Å². The summed E-state index contributed by atoms with van der Waals surface area (Å²) in [5, 5.41) is 0.773. The van der Waals surface area contributed by atoms with Crippen LogP contribution in [0.3, 0.4) is 0 Å². The first-order chi connectivity index (χ1) is 11.0. The first kappa shape index (κ1) is 18.0. The Labute approximate surface area is 144 Å². The summed E-state index contributed by atoms with van der Waals surface area (Å²) in [6.07, 6.45) is 5.82. The molecule has 0 radical (unpaired) electrons. The lowest BCUT2D eigenvalue weighted by atomic mass is 9.78. The number of esters is 1. The molecule has 0 saturated heterocycles. The molecule has 1 unspecified atom stereocenters. The summed E-state index contributed by atoms with van der Waals surface area (Å²) in [6, 6.07) is 8.55. The zero-order chi connectivity index (χ0) is 16.8. The first-order valence-corrected chi connectivity index (χ1v) is 8.67. The lowest BCUT2D eigenvalue weighted by Crippen LogP contribution is -2.29. The lowest BCUT2D eigenvalue weighted by molar-refractivity contribution is -0.137. The average Bonchev–Trinajstić information content (AvgIpc) is 2.51. The third kappa shape index (κ3) is 5.08. The van der Waals surface area contributed by atoms with E-state index in [-0.39, 0.29) is 5.97 Å². The molecule has 2 rings (SSSR count). The number of nitrogens with zero attached hydrogens (tertiary/aromatic N) is 1. The summed E-state index contributed by atoms with van der Waals surface area (Å²) >= 11 is 6.01. The number of hydrogen-bond donors (Lipinski definition) is 0. The molecule has 3 nitrogen and oxygen atoms in total. The van der Waals surface area contributed by atoms with Crippen molar-refractivity contribution < 1.29 is 9.53 Å². The van der Waals surface area contributed by atoms with Crippen molar-refractivity contribution >= 4 is 17.6 Å². The highest BCUT2D eigenvalue weighted by molar-refractivity contribution is 6.30. The number of hydrogen-bond acceptors (Lipinski definition) is 3. The van der Waals surface area contributed by atoms with E-state index < -0.39 is 0 Å². The van der Waals surface area contributed by atoms with E-state index in [0.717, 1.165) is 30.7 Å². The molecule has 4 heteroatoms. The Morgan fingerprint density at radius 1 is 1.30 bits per heavy atom. The highest BCUT2D eigenvalue weighted by Crippen LogP contribution is 2.39. The van der Waals surface area contributed by atoms with Crippen LogP contribution in [0.5, 0.6) is 0 Å². The summed E-state index contributed by atoms with van der Waals surface area (Å²) < 4.78 is 5.00. The fraction of sp³-hybridized carbons (Fsp3) is 0.526. The summed E-state index contributed by atoms with van der Waals surface area (Å²) in [5.74, 6) is 0.383. The molecule has 0 heterocycles. The van der Waals surface area contributed by atoms with Gasteiger partial charge in [-0.3, -0.25) is 0 Å². The van der Waals surface area contributed by atoms with Gasteiger partial charge < -0.3 is 9.64 Å². The Hall–Kier alpha value is -1.32. The van der Waals surface area contributed by atoms with E-state index in [2.05, 4.69) is 31.1 Å². The molecule has 0 N–H and O–H groups in total. The van der Waals surface area contributed by atoms with Crippen molar-refractivity contribution in [1.29, 1.82) is 0 Å². The molecular weight excluding hydrogens is 310 g/mol. The van der Waals surface area contributed by atoms with E-state index >= 15 is 0 Å². The topological polar surface area (TPSA) is 29.5 Å². The van der Waals surface area contributed by atoms with Gasteiger partial charge >= 0.3 is 5.97 Å². The maximum absolute atomic E-state index is 11.6. The largest absolute Gasteiger partial charge is 0.463 e. The Bertz CT molecular complexity index is 541. The van der Waals surface area contributed by atoms with Crippen LogP contribution >= 0.6 is 11.6 Å². The van der Waals surface area contributed by atoms with Crippen molar-refractivity contribution in [1.82, 2.24) is 4.90 Å². The van der Waals surface area contributed by atoms with E-state index in [0.29, 0.717) is 18.6 Å².